The number of methoxy groups -OCH3 is 5. The van der Waals surface area contributed by atoms with Crippen LogP contribution in [0.2, 0.25) is 0 Å². The smallest absolute Gasteiger partial charge is 0.203 e. The Hall–Kier alpha value is -4.20. The van der Waals surface area contributed by atoms with E-state index in [0.717, 1.165) is 10.9 Å². The Bertz CT molecular complexity index is 1270. The molecule has 0 fully saturated rings. The number of aromatic nitrogens is 1. The molecule has 1 aromatic heterocycles. The third-order valence-electron chi connectivity index (χ3n) is 5.28. The molecule has 172 valence electrons. The van der Waals surface area contributed by atoms with Crippen molar-refractivity contribution in [1.29, 1.82) is 0 Å². The molecule has 0 saturated carbocycles. The second-order valence-electron chi connectivity index (χ2n) is 7.09. The minimum atomic E-state index is 0.0185. The fourth-order valence-corrected chi connectivity index (χ4v) is 3.67. The number of ether oxygens (including phenoxy) is 6. The van der Waals surface area contributed by atoms with E-state index in [4.69, 9.17) is 28.4 Å². The number of H-pyrrole nitrogens is 1. The molecular weight excluding hydrogens is 426 g/mol. The predicted molar refractivity (Wildman–Crippen MR) is 125 cm³/mol. The zero-order chi connectivity index (χ0) is 23.5. The lowest BCUT2D eigenvalue weighted by atomic mass is 10.1. The standard InChI is InChI=1S/C25H25NO7/c1-28-15-7-8-17-18(11-15)26-23(14-6-9-20(29-2)19(27)10-14)24(17)33-16-12-21(30-3)25(32-5)22(13-16)31-4/h6-13,26-27H,1-5H3. The van der Waals surface area contributed by atoms with E-state index in [0.29, 0.717) is 51.5 Å². The Balaban J connectivity index is 1.89. The van der Waals surface area contributed by atoms with Crippen LogP contribution in [0.25, 0.3) is 22.2 Å². The lowest BCUT2D eigenvalue weighted by Crippen LogP contribution is -1.96. The molecule has 33 heavy (non-hydrogen) atoms. The SMILES string of the molecule is COc1ccc2c(Oc3cc(OC)c(OC)c(OC)c3)c(-c3ccc(OC)c(O)c3)[nH]c2c1. The van der Waals surface area contributed by atoms with Gasteiger partial charge in [-0.2, -0.15) is 0 Å². The molecule has 4 rings (SSSR count). The third kappa shape index (κ3) is 4.03. The number of fused-ring (bicyclic) bond motifs is 1. The second-order valence-corrected chi connectivity index (χ2v) is 7.09. The fourth-order valence-electron chi connectivity index (χ4n) is 3.67. The van der Waals surface area contributed by atoms with Crippen LogP contribution in [0.15, 0.2) is 48.5 Å². The van der Waals surface area contributed by atoms with Crippen LogP contribution in [0.4, 0.5) is 0 Å². The Kier molecular flexibility index (Phi) is 6.08. The van der Waals surface area contributed by atoms with E-state index in [2.05, 4.69) is 4.98 Å². The summed E-state index contributed by atoms with van der Waals surface area (Å²) in [5.41, 5.74) is 2.19. The first-order valence-corrected chi connectivity index (χ1v) is 10.1. The van der Waals surface area contributed by atoms with Gasteiger partial charge in [0.05, 0.1) is 46.8 Å². The van der Waals surface area contributed by atoms with Gasteiger partial charge in [0.15, 0.2) is 28.7 Å². The summed E-state index contributed by atoms with van der Waals surface area (Å²) in [6.07, 6.45) is 0. The number of rotatable bonds is 8. The Labute approximate surface area is 191 Å². The summed E-state index contributed by atoms with van der Waals surface area (Å²) in [6.45, 7) is 0. The van der Waals surface area contributed by atoms with Gasteiger partial charge in [0, 0.05) is 29.1 Å². The van der Waals surface area contributed by atoms with Gasteiger partial charge >= 0.3 is 0 Å². The van der Waals surface area contributed by atoms with Crippen molar-refractivity contribution in [2.75, 3.05) is 35.5 Å². The highest BCUT2D eigenvalue weighted by Crippen LogP contribution is 2.46. The number of aromatic amines is 1. The van der Waals surface area contributed by atoms with Crippen LogP contribution in [-0.2, 0) is 0 Å². The van der Waals surface area contributed by atoms with Crippen LogP contribution >= 0.6 is 0 Å². The molecule has 0 amide bonds. The first-order valence-electron chi connectivity index (χ1n) is 10.1. The Morgan fingerprint density at radius 2 is 1.33 bits per heavy atom. The van der Waals surface area contributed by atoms with Crippen LogP contribution in [0.5, 0.6) is 46.0 Å². The van der Waals surface area contributed by atoms with Crippen molar-refractivity contribution in [3.63, 3.8) is 0 Å². The van der Waals surface area contributed by atoms with E-state index in [9.17, 15) is 5.11 Å². The van der Waals surface area contributed by atoms with Crippen LogP contribution in [0.3, 0.4) is 0 Å². The molecule has 0 radical (unpaired) electrons. The van der Waals surface area contributed by atoms with Crippen LogP contribution in [-0.4, -0.2) is 45.6 Å². The van der Waals surface area contributed by atoms with Gasteiger partial charge in [-0.25, -0.2) is 0 Å². The number of nitrogens with one attached hydrogen (secondary N) is 1. The molecule has 3 aromatic carbocycles. The largest absolute Gasteiger partial charge is 0.504 e. The number of hydrogen-bond donors (Lipinski definition) is 2. The molecule has 0 aliphatic carbocycles. The van der Waals surface area contributed by atoms with Crippen molar-refractivity contribution >= 4 is 10.9 Å². The molecule has 8 heteroatoms. The number of aromatic hydroxyl groups is 1. The van der Waals surface area contributed by atoms with Gasteiger partial charge in [0.2, 0.25) is 5.75 Å². The van der Waals surface area contributed by atoms with Crippen molar-refractivity contribution in [1.82, 2.24) is 4.98 Å². The Morgan fingerprint density at radius 3 is 1.91 bits per heavy atom. The summed E-state index contributed by atoms with van der Waals surface area (Å²) in [4.78, 5) is 3.38. The van der Waals surface area contributed by atoms with E-state index < -0.39 is 0 Å². The first kappa shape index (κ1) is 22.0. The summed E-state index contributed by atoms with van der Waals surface area (Å²) < 4.78 is 33.2. The average Bonchev–Trinajstić information content (AvgIpc) is 3.20. The van der Waals surface area contributed by atoms with Gasteiger partial charge in [-0.1, -0.05) is 0 Å². The van der Waals surface area contributed by atoms with E-state index in [1.165, 1.54) is 7.11 Å². The minimum absolute atomic E-state index is 0.0185. The van der Waals surface area contributed by atoms with Gasteiger partial charge in [0.1, 0.15) is 11.5 Å². The van der Waals surface area contributed by atoms with Crippen LogP contribution < -0.4 is 28.4 Å². The summed E-state index contributed by atoms with van der Waals surface area (Å²) in [5.74, 6) is 3.55. The van der Waals surface area contributed by atoms with Crippen molar-refractivity contribution < 1.29 is 33.5 Å². The van der Waals surface area contributed by atoms with E-state index in [1.807, 2.05) is 24.3 Å². The molecule has 2 N–H and O–H groups in total. The van der Waals surface area contributed by atoms with Gasteiger partial charge in [-0.15, -0.1) is 0 Å². The fraction of sp³-hybridized carbons (Fsp3) is 0.200. The molecule has 0 aliphatic rings. The topological polar surface area (TPSA) is 91.4 Å². The molecule has 0 unspecified atom stereocenters. The van der Waals surface area contributed by atoms with Crippen LogP contribution in [0, 0.1) is 0 Å². The quantitative estimate of drug-likeness (QED) is 0.372. The normalized spacial score (nSPS) is 10.7. The lowest BCUT2D eigenvalue weighted by molar-refractivity contribution is 0.321. The summed E-state index contributed by atoms with van der Waals surface area (Å²) in [7, 11) is 7.75. The maximum atomic E-state index is 10.3. The maximum absolute atomic E-state index is 10.3. The van der Waals surface area contributed by atoms with Crippen molar-refractivity contribution in [3.8, 4) is 57.3 Å². The monoisotopic (exact) mass is 451 g/mol. The van der Waals surface area contributed by atoms with Gasteiger partial charge < -0.3 is 38.5 Å². The minimum Gasteiger partial charge on any atom is -0.504 e. The molecule has 4 aromatic rings. The molecule has 1 heterocycles. The number of phenolic OH excluding ortho intramolecular Hbond substituents is 1. The summed E-state index contributed by atoms with van der Waals surface area (Å²) in [5, 5.41) is 11.2. The highest BCUT2D eigenvalue weighted by atomic mass is 16.5. The number of phenols is 1. The van der Waals surface area contributed by atoms with Crippen LogP contribution in [0.1, 0.15) is 0 Å². The third-order valence-corrected chi connectivity index (χ3v) is 5.28. The van der Waals surface area contributed by atoms with E-state index in [1.54, 1.807) is 52.7 Å². The maximum Gasteiger partial charge on any atom is 0.203 e. The molecule has 8 nitrogen and oxygen atoms in total. The van der Waals surface area contributed by atoms with Crippen molar-refractivity contribution in [2.24, 2.45) is 0 Å². The highest BCUT2D eigenvalue weighted by molar-refractivity contribution is 5.95. The predicted octanol–water partition coefficient (Wildman–Crippen LogP) is 5.38. The zero-order valence-corrected chi connectivity index (χ0v) is 19.0. The van der Waals surface area contributed by atoms with Crippen molar-refractivity contribution in [2.45, 2.75) is 0 Å². The van der Waals surface area contributed by atoms with E-state index in [-0.39, 0.29) is 5.75 Å². The van der Waals surface area contributed by atoms with E-state index >= 15 is 0 Å². The zero-order valence-electron chi connectivity index (χ0n) is 19.0. The van der Waals surface area contributed by atoms with Gasteiger partial charge in [-0.05, 0) is 30.3 Å². The lowest BCUT2D eigenvalue weighted by Gasteiger charge is -2.15. The molecule has 0 bridgehead atoms. The first-order chi connectivity index (χ1) is 16.0. The number of hydrogen-bond acceptors (Lipinski definition) is 7. The van der Waals surface area contributed by atoms with Gasteiger partial charge in [-0.3, -0.25) is 0 Å². The molecular formula is C25H25NO7. The highest BCUT2D eigenvalue weighted by Gasteiger charge is 2.20. The molecule has 0 atom stereocenters. The molecule has 0 saturated heterocycles. The van der Waals surface area contributed by atoms with Crippen molar-refractivity contribution in [3.05, 3.63) is 48.5 Å². The molecule has 0 aliphatic heterocycles. The van der Waals surface area contributed by atoms with Gasteiger partial charge in [0.25, 0.3) is 0 Å². The average molecular weight is 451 g/mol. The summed E-state index contributed by atoms with van der Waals surface area (Å²) >= 11 is 0. The second kappa shape index (κ2) is 9.12. The molecule has 0 spiro atoms. The summed E-state index contributed by atoms with van der Waals surface area (Å²) in [6, 6.07) is 14.2. The number of benzene rings is 3. The Morgan fingerprint density at radius 1 is 0.636 bits per heavy atom.